The Morgan fingerprint density at radius 3 is 2.83 bits per heavy atom. The molecule has 1 aliphatic rings. The second kappa shape index (κ2) is 6.95. The Morgan fingerprint density at radius 1 is 1.38 bits per heavy atom. The van der Waals surface area contributed by atoms with Gasteiger partial charge in [-0.1, -0.05) is 26.0 Å². The number of aryl methyl sites for hydroxylation is 1. The van der Waals surface area contributed by atoms with E-state index >= 15 is 0 Å². The van der Waals surface area contributed by atoms with Gasteiger partial charge in [0.1, 0.15) is 18.4 Å². The quantitative estimate of drug-likeness (QED) is 0.915. The molecular formula is C18H23N3O3. The van der Waals surface area contributed by atoms with Gasteiger partial charge in [0.2, 0.25) is 0 Å². The molecule has 0 unspecified atom stereocenters. The number of fused-ring (bicyclic) bond motifs is 1. The molecule has 1 aromatic carbocycles. The highest BCUT2D eigenvalue weighted by Gasteiger charge is 2.21. The molecule has 0 saturated heterocycles. The number of nitrogens with one attached hydrogen (secondary N) is 1. The lowest BCUT2D eigenvalue weighted by atomic mass is 10.1. The van der Waals surface area contributed by atoms with Crippen LogP contribution < -0.4 is 14.8 Å². The van der Waals surface area contributed by atoms with Crippen molar-refractivity contribution in [3.63, 3.8) is 0 Å². The number of carbonyl (C=O) groups is 1. The maximum Gasteiger partial charge on any atom is 0.269 e. The summed E-state index contributed by atoms with van der Waals surface area (Å²) in [6.45, 7) is 5.14. The zero-order valence-electron chi connectivity index (χ0n) is 14.3. The zero-order chi connectivity index (χ0) is 17.1. The van der Waals surface area contributed by atoms with Gasteiger partial charge in [0.25, 0.3) is 5.91 Å². The van der Waals surface area contributed by atoms with Crippen molar-refractivity contribution >= 4 is 5.91 Å². The first kappa shape index (κ1) is 16.4. The molecule has 0 aliphatic carbocycles. The van der Waals surface area contributed by atoms with Gasteiger partial charge in [-0.05, 0) is 24.1 Å². The van der Waals surface area contributed by atoms with Crippen molar-refractivity contribution in [2.24, 2.45) is 7.05 Å². The van der Waals surface area contributed by atoms with E-state index in [2.05, 4.69) is 24.3 Å². The van der Waals surface area contributed by atoms with E-state index in [1.165, 1.54) is 0 Å². The Morgan fingerprint density at radius 2 is 2.12 bits per heavy atom. The number of rotatable bonds is 5. The molecular weight excluding hydrogens is 306 g/mol. The first-order chi connectivity index (χ1) is 11.5. The van der Waals surface area contributed by atoms with Crippen LogP contribution in [0.4, 0.5) is 0 Å². The maximum absolute atomic E-state index is 12.3. The average Bonchev–Trinajstić information content (AvgIpc) is 2.97. The van der Waals surface area contributed by atoms with Crippen LogP contribution in [-0.2, 0) is 7.05 Å². The largest absolute Gasteiger partial charge is 0.486 e. The second-order valence-electron chi connectivity index (χ2n) is 6.27. The Labute approximate surface area is 141 Å². The summed E-state index contributed by atoms with van der Waals surface area (Å²) in [6.07, 6.45) is 0.632. The summed E-state index contributed by atoms with van der Waals surface area (Å²) < 4.78 is 13.2. The van der Waals surface area contributed by atoms with Crippen LogP contribution in [0.5, 0.6) is 11.5 Å². The highest BCUT2D eigenvalue weighted by atomic mass is 16.6. The molecule has 128 valence electrons. The first-order valence-electron chi connectivity index (χ1n) is 8.25. The molecule has 6 heteroatoms. The molecule has 24 heavy (non-hydrogen) atoms. The van der Waals surface area contributed by atoms with Gasteiger partial charge in [-0.3, -0.25) is 9.48 Å². The fraction of sp³-hybridized carbons (Fsp3) is 0.444. The van der Waals surface area contributed by atoms with Gasteiger partial charge in [0, 0.05) is 20.0 Å². The molecule has 1 atom stereocenters. The van der Waals surface area contributed by atoms with E-state index in [0.29, 0.717) is 31.2 Å². The Kier molecular flexibility index (Phi) is 4.74. The molecule has 6 nitrogen and oxygen atoms in total. The van der Waals surface area contributed by atoms with Crippen molar-refractivity contribution in [1.29, 1.82) is 0 Å². The van der Waals surface area contributed by atoms with Crippen LogP contribution in [0, 0.1) is 0 Å². The SMILES string of the molecule is CC(C)c1cc(C(=O)NCC[C@H]2COc3ccccc3O2)n(C)n1. The van der Waals surface area contributed by atoms with Gasteiger partial charge < -0.3 is 14.8 Å². The lowest BCUT2D eigenvalue weighted by molar-refractivity contribution is 0.0810. The summed E-state index contributed by atoms with van der Waals surface area (Å²) in [5.74, 6) is 1.71. The zero-order valence-corrected chi connectivity index (χ0v) is 14.3. The molecule has 1 aromatic heterocycles. The smallest absolute Gasteiger partial charge is 0.269 e. The number of nitrogens with zero attached hydrogens (tertiary/aromatic N) is 2. The molecule has 1 N–H and O–H groups in total. The Bertz CT molecular complexity index is 724. The highest BCUT2D eigenvalue weighted by Crippen LogP contribution is 2.31. The van der Waals surface area contributed by atoms with Crippen LogP contribution in [0.3, 0.4) is 0 Å². The highest BCUT2D eigenvalue weighted by molar-refractivity contribution is 5.92. The maximum atomic E-state index is 12.3. The van der Waals surface area contributed by atoms with Crippen LogP contribution >= 0.6 is 0 Å². The van der Waals surface area contributed by atoms with E-state index in [0.717, 1.165) is 17.2 Å². The minimum atomic E-state index is -0.117. The van der Waals surface area contributed by atoms with Crippen molar-refractivity contribution in [2.45, 2.75) is 32.3 Å². The van der Waals surface area contributed by atoms with Gasteiger partial charge in [0.15, 0.2) is 11.5 Å². The van der Waals surface area contributed by atoms with Crippen LogP contribution in [-0.4, -0.2) is 34.9 Å². The predicted molar refractivity (Wildman–Crippen MR) is 90.6 cm³/mol. The van der Waals surface area contributed by atoms with Gasteiger partial charge in [-0.2, -0.15) is 5.10 Å². The van der Waals surface area contributed by atoms with Gasteiger partial charge in [0.05, 0.1) is 5.69 Å². The van der Waals surface area contributed by atoms with E-state index in [-0.39, 0.29) is 12.0 Å². The lowest BCUT2D eigenvalue weighted by Gasteiger charge is -2.26. The van der Waals surface area contributed by atoms with Crippen LogP contribution in [0.2, 0.25) is 0 Å². The van der Waals surface area contributed by atoms with Gasteiger partial charge >= 0.3 is 0 Å². The van der Waals surface area contributed by atoms with Gasteiger partial charge in [-0.25, -0.2) is 0 Å². The molecule has 1 aliphatic heterocycles. The molecule has 0 saturated carbocycles. The number of aromatic nitrogens is 2. The third kappa shape index (κ3) is 3.53. The van der Waals surface area contributed by atoms with Crippen molar-refractivity contribution in [1.82, 2.24) is 15.1 Å². The minimum Gasteiger partial charge on any atom is -0.486 e. The summed E-state index contributed by atoms with van der Waals surface area (Å²) >= 11 is 0. The fourth-order valence-corrected chi connectivity index (χ4v) is 2.63. The number of hydrogen-bond acceptors (Lipinski definition) is 4. The van der Waals surface area contributed by atoms with Crippen LogP contribution in [0.1, 0.15) is 42.4 Å². The number of hydrogen-bond donors (Lipinski definition) is 1. The first-order valence-corrected chi connectivity index (χ1v) is 8.25. The Hall–Kier alpha value is -2.50. The number of ether oxygens (including phenoxy) is 2. The number of benzene rings is 1. The lowest BCUT2D eigenvalue weighted by Crippen LogP contribution is -2.34. The fourth-order valence-electron chi connectivity index (χ4n) is 2.63. The topological polar surface area (TPSA) is 65.4 Å². The monoisotopic (exact) mass is 329 g/mol. The summed E-state index contributed by atoms with van der Waals surface area (Å²) in [4.78, 5) is 12.3. The van der Waals surface area contributed by atoms with E-state index in [4.69, 9.17) is 9.47 Å². The molecule has 0 spiro atoms. The van der Waals surface area contributed by atoms with Crippen molar-refractivity contribution in [2.75, 3.05) is 13.2 Å². The van der Waals surface area contributed by atoms with E-state index in [1.807, 2.05) is 30.3 Å². The number of carbonyl (C=O) groups excluding carboxylic acids is 1. The molecule has 2 aromatic rings. The minimum absolute atomic E-state index is 0.0574. The normalized spacial score (nSPS) is 16.2. The molecule has 3 rings (SSSR count). The molecule has 1 amide bonds. The van der Waals surface area contributed by atoms with Crippen LogP contribution in [0.15, 0.2) is 30.3 Å². The van der Waals surface area contributed by atoms with Crippen molar-refractivity contribution in [3.8, 4) is 11.5 Å². The summed E-state index contributed by atoms with van der Waals surface area (Å²) in [5, 5.41) is 7.29. The van der Waals surface area contributed by atoms with Crippen molar-refractivity contribution < 1.29 is 14.3 Å². The van der Waals surface area contributed by atoms with Crippen molar-refractivity contribution in [3.05, 3.63) is 41.7 Å². The predicted octanol–water partition coefficient (Wildman–Crippen LogP) is 2.50. The third-order valence-corrected chi connectivity index (χ3v) is 4.04. The number of para-hydroxylation sites is 2. The molecule has 0 fully saturated rings. The van der Waals surface area contributed by atoms with E-state index in [9.17, 15) is 4.79 Å². The Balaban J connectivity index is 1.51. The standard InChI is InChI=1S/C18H23N3O3/c1-12(2)14-10-15(21(3)20-14)18(22)19-9-8-13-11-23-16-6-4-5-7-17(16)24-13/h4-7,10,12-13H,8-9,11H2,1-3H3,(H,19,22)/t13-/m0/s1. The van der Waals surface area contributed by atoms with E-state index in [1.54, 1.807) is 11.7 Å². The summed E-state index contributed by atoms with van der Waals surface area (Å²) in [5.41, 5.74) is 1.49. The molecule has 0 bridgehead atoms. The molecule has 2 heterocycles. The number of amides is 1. The summed E-state index contributed by atoms with van der Waals surface area (Å²) in [6, 6.07) is 9.46. The van der Waals surface area contributed by atoms with Gasteiger partial charge in [-0.15, -0.1) is 0 Å². The summed E-state index contributed by atoms with van der Waals surface area (Å²) in [7, 11) is 1.79. The van der Waals surface area contributed by atoms with Crippen LogP contribution in [0.25, 0.3) is 0 Å². The average molecular weight is 329 g/mol. The molecule has 0 radical (unpaired) electrons. The van der Waals surface area contributed by atoms with E-state index < -0.39 is 0 Å². The third-order valence-electron chi connectivity index (χ3n) is 4.04. The second-order valence-corrected chi connectivity index (χ2v) is 6.27.